The third-order valence-corrected chi connectivity index (χ3v) is 4.93. The van der Waals surface area contributed by atoms with Gasteiger partial charge in [-0.15, -0.1) is 0 Å². The van der Waals surface area contributed by atoms with Crippen molar-refractivity contribution >= 4 is 5.91 Å². The lowest BCUT2D eigenvalue weighted by Gasteiger charge is -2.26. The summed E-state index contributed by atoms with van der Waals surface area (Å²) in [6, 6.07) is 6.08. The third kappa shape index (κ3) is 2.42. The lowest BCUT2D eigenvalue weighted by Crippen LogP contribution is -2.31. The molecule has 6 nitrogen and oxygen atoms in total. The van der Waals surface area contributed by atoms with Crippen molar-refractivity contribution in [2.24, 2.45) is 7.05 Å². The third-order valence-electron chi connectivity index (χ3n) is 4.93. The molecule has 1 atom stereocenters. The normalized spacial score (nSPS) is 19.6. The minimum atomic E-state index is 0.0537. The number of fused-ring (bicyclic) bond motifs is 1. The van der Waals surface area contributed by atoms with Gasteiger partial charge in [0.2, 0.25) is 0 Å². The van der Waals surface area contributed by atoms with Crippen molar-refractivity contribution in [3.63, 3.8) is 0 Å². The largest absolute Gasteiger partial charge is 0.486 e. The molecule has 1 saturated heterocycles. The fourth-order valence-corrected chi connectivity index (χ4v) is 3.49. The summed E-state index contributed by atoms with van der Waals surface area (Å²) in [7, 11) is 1.86. The number of likely N-dealkylation sites (tertiary alicyclic amines) is 1. The Morgan fingerprint density at radius 2 is 2.04 bits per heavy atom. The Morgan fingerprint density at radius 3 is 2.79 bits per heavy atom. The van der Waals surface area contributed by atoms with Gasteiger partial charge in [-0.05, 0) is 37.5 Å². The molecule has 0 radical (unpaired) electrons. The van der Waals surface area contributed by atoms with E-state index in [1.165, 1.54) is 0 Å². The summed E-state index contributed by atoms with van der Waals surface area (Å²) < 4.78 is 13.0. The Balaban J connectivity index is 1.63. The van der Waals surface area contributed by atoms with E-state index in [-0.39, 0.29) is 11.9 Å². The average Bonchev–Trinajstić information content (AvgIpc) is 3.22. The maximum atomic E-state index is 13.0. The molecule has 6 heteroatoms. The molecule has 126 valence electrons. The predicted octanol–water partition coefficient (Wildman–Crippen LogP) is 2.48. The van der Waals surface area contributed by atoms with Crippen molar-refractivity contribution in [1.29, 1.82) is 0 Å². The number of amides is 1. The van der Waals surface area contributed by atoms with Gasteiger partial charge >= 0.3 is 0 Å². The first-order valence-corrected chi connectivity index (χ1v) is 8.34. The van der Waals surface area contributed by atoms with Crippen molar-refractivity contribution in [1.82, 2.24) is 14.7 Å². The van der Waals surface area contributed by atoms with Gasteiger partial charge in [-0.2, -0.15) is 5.10 Å². The van der Waals surface area contributed by atoms with Crippen LogP contribution in [0.2, 0.25) is 0 Å². The van der Waals surface area contributed by atoms with Crippen LogP contribution in [0, 0.1) is 6.92 Å². The van der Waals surface area contributed by atoms with E-state index in [9.17, 15) is 4.79 Å². The van der Waals surface area contributed by atoms with E-state index in [0.717, 1.165) is 42.1 Å². The molecular formula is C18H21N3O3. The van der Waals surface area contributed by atoms with Crippen LogP contribution in [0.3, 0.4) is 0 Å². The van der Waals surface area contributed by atoms with Crippen LogP contribution in [0.25, 0.3) is 0 Å². The van der Waals surface area contributed by atoms with Crippen molar-refractivity contribution in [3.05, 3.63) is 41.2 Å². The summed E-state index contributed by atoms with van der Waals surface area (Å²) in [5.41, 5.74) is 2.68. The number of carbonyl (C=O) groups excluding carboxylic acids is 1. The predicted molar refractivity (Wildman–Crippen MR) is 88.4 cm³/mol. The number of hydrogen-bond acceptors (Lipinski definition) is 4. The van der Waals surface area contributed by atoms with E-state index in [4.69, 9.17) is 9.47 Å². The Bertz CT molecular complexity index is 784. The SMILES string of the molecule is Cc1c(C(=O)N2CCC[C@@H]2c2ccc3c(c2)OCCO3)cnn1C. The van der Waals surface area contributed by atoms with Crippen molar-refractivity contribution in [3.8, 4) is 11.5 Å². The molecule has 1 aromatic heterocycles. The molecule has 0 N–H and O–H groups in total. The second-order valence-corrected chi connectivity index (χ2v) is 6.33. The Morgan fingerprint density at radius 1 is 1.25 bits per heavy atom. The summed E-state index contributed by atoms with van der Waals surface area (Å²) in [5, 5.41) is 4.20. The van der Waals surface area contributed by atoms with E-state index < -0.39 is 0 Å². The maximum absolute atomic E-state index is 13.0. The van der Waals surface area contributed by atoms with Gasteiger partial charge in [0.05, 0.1) is 17.8 Å². The van der Waals surface area contributed by atoms with Crippen molar-refractivity contribution < 1.29 is 14.3 Å². The molecule has 3 heterocycles. The first-order chi connectivity index (χ1) is 11.6. The molecule has 0 unspecified atom stereocenters. The smallest absolute Gasteiger partial charge is 0.257 e. The first-order valence-electron chi connectivity index (χ1n) is 8.34. The molecule has 0 bridgehead atoms. The maximum Gasteiger partial charge on any atom is 0.257 e. The van der Waals surface area contributed by atoms with Gasteiger partial charge in [-0.3, -0.25) is 9.48 Å². The van der Waals surface area contributed by atoms with Gasteiger partial charge in [-0.1, -0.05) is 6.07 Å². The van der Waals surface area contributed by atoms with Crippen LogP contribution < -0.4 is 9.47 Å². The number of carbonyl (C=O) groups is 1. The second-order valence-electron chi connectivity index (χ2n) is 6.33. The molecule has 24 heavy (non-hydrogen) atoms. The highest BCUT2D eigenvalue weighted by Crippen LogP contribution is 2.38. The highest BCUT2D eigenvalue weighted by Gasteiger charge is 2.32. The molecular weight excluding hydrogens is 306 g/mol. The number of benzene rings is 1. The molecule has 0 aliphatic carbocycles. The van der Waals surface area contributed by atoms with Crippen LogP contribution in [-0.4, -0.2) is 40.3 Å². The second kappa shape index (κ2) is 5.85. The quantitative estimate of drug-likeness (QED) is 0.850. The van der Waals surface area contributed by atoms with Gasteiger partial charge < -0.3 is 14.4 Å². The van der Waals surface area contributed by atoms with Crippen molar-refractivity contribution in [2.75, 3.05) is 19.8 Å². The summed E-state index contributed by atoms with van der Waals surface area (Å²) in [6.07, 6.45) is 3.63. The van der Waals surface area contributed by atoms with Gasteiger partial charge in [0.1, 0.15) is 13.2 Å². The highest BCUT2D eigenvalue weighted by atomic mass is 16.6. The van der Waals surface area contributed by atoms with Crippen molar-refractivity contribution in [2.45, 2.75) is 25.8 Å². The van der Waals surface area contributed by atoms with Crippen LogP contribution >= 0.6 is 0 Å². The number of aryl methyl sites for hydroxylation is 1. The van der Waals surface area contributed by atoms with Crippen LogP contribution in [-0.2, 0) is 7.05 Å². The van der Waals surface area contributed by atoms with E-state index in [2.05, 4.69) is 5.10 Å². The first kappa shape index (κ1) is 15.1. The standard InChI is InChI=1S/C18H21N3O3/c1-12-14(11-19-20(12)2)18(22)21-7-3-4-15(21)13-5-6-16-17(10-13)24-9-8-23-16/h5-6,10-11,15H,3-4,7-9H2,1-2H3/t15-/m1/s1. The Labute approximate surface area is 141 Å². The van der Waals surface area contributed by atoms with E-state index in [1.54, 1.807) is 10.9 Å². The van der Waals surface area contributed by atoms with Gasteiger partial charge in [0.25, 0.3) is 5.91 Å². The van der Waals surface area contributed by atoms with Crippen LogP contribution in [0.15, 0.2) is 24.4 Å². The molecule has 2 aliphatic heterocycles. The Hall–Kier alpha value is -2.50. The molecule has 2 aromatic rings. The summed E-state index contributed by atoms with van der Waals surface area (Å²) in [4.78, 5) is 14.9. The summed E-state index contributed by atoms with van der Waals surface area (Å²) >= 11 is 0. The fraction of sp³-hybridized carbons (Fsp3) is 0.444. The van der Waals surface area contributed by atoms with Crippen LogP contribution in [0.4, 0.5) is 0 Å². The van der Waals surface area contributed by atoms with E-state index >= 15 is 0 Å². The Kier molecular flexibility index (Phi) is 3.67. The zero-order chi connectivity index (χ0) is 16.7. The molecule has 1 fully saturated rings. The lowest BCUT2D eigenvalue weighted by atomic mass is 10.0. The fourth-order valence-electron chi connectivity index (χ4n) is 3.49. The van der Waals surface area contributed by atoms with Crippen LogP contribution in [0.1, 0.15) is 40.5 Å². The van der Waals surface area contributed by atoms with Gasteiger partial charge in [0.15, 0.2) is 11.5 Å². The minimum absolute atomic E-state index is 0.0537. The molecule has 2 aliphatic rings. The topological polar surface area (TPSA) is 56.6 Å². The van der Waals surface area contributed by atoms with E-state index in [1.807, 2.05) is 37.1 Å². The molecule has 1 amide bonds. The number of hydrogen-bond donors (Lipinski definition) is 0. The number of aromatic nitrogens is 2. The van der Waals surface area contributed by atoms with Gasteiger partial charge in [-0.25, -0.2) is 0 Å². The lowest BCUT2D eigenvalue weighted by molar-refractivity contribution is 0.0734. The summed E-state index contributed by atoms with van der Waals surface area (Å²) in [5.74, 6) is 1.61. The van der Waals surface area contributed by atoms with Crippen LogP contribution in [0.5, 0.6) is 11.5 Å². The molecule has 0 spiro atoms. The highest BCUT2D eigenvalue weighted by molar-refractivity contribution is 5.95. The minimum Gasteiger partial charge on any atom is -0.486 e. The number of nitrogens with zero attached hydrogens (tertiary/aromatic N) is 3. The van der Waals surface area contributed by atoms with Gasteiger partial charge in [0, 0.05) is 19.3 Å². The molecule has 0 saturated carbocycles. The summed E-state index contributed by atoms with van der Waals surface area (Å²) in [6.45, 7) is 3.85. The molecule has 1 aromatic carbocycles. The average molecular weight is 327 g/mol. The van der Waals surface area contributed by atoms with E-state index in [0.29, 0.717) is 18.8 Å². The number of rotatable bonds is 2. The molecule has 4 rings (SSSR count). The zero-order valence-corrected chi connectivity index (χ0v) is 14.0. The zero-order valence-electron chi connectivity index (χ0n) is 14.0. The number of ether oxygens (including phenoxy) is 2. The monoisotopic (exact) mass is 327 g/mol.